The first-order chi connectivity index (χ1) is 9.27. The Balaban J connectivity index is 1.67. The monoisotopic (exact) mass is 256 g/mol. The molecule has 0 saturated heterocycles. The van der Waals surface area contributed by atoms with Gasteiger partial charge < -0.3 is 0 Å². The standard InChI is InChI=1S/C13H12N4O2/c18-12-10-5-1-2-6-11(10)13(19)17(12)7-3-4-9-8-14-16-15-9/h1-2,5-6,8H,3-4,7H2,(H,14,15,16). The zero-order valence-corrected chi connectivity index (χ0v) is 10.2. The lowest BCUT2D eigenvalue weighted by Gasteiger charge is -2.12. The van der Waals surface area contributed by atoms with Gasteiger partial charge in [-0.05, 0) is 25.0 Å². The van der Waals surface area contributed by atoms with Crippen molar-refractivity contribution in [3.8, 4) is 0 Å². The summed E-state index contributed by atoms with van der Waals surface area (Å²) in [6, 6.07) is 6.91. The zero-order chi connectivity index (χ0) is 13.2. The van der Waals surface area contributed by atoms with Crippen molar-refractivity contribution in [2.75, 3.05) is 6.54 Å². The van der Waals surface area contributed by atoms with Crippen molar-refractivity contribution in [3.63, 3.8) is 0 Å². The summed E-state index contributed by atoms with van der Waals surface area (Å²) in [6.07, 6.45) is 3.04. The van der Waals surface area contributed by atoms with Crippen LogP contribution in [-0.4, -0.2) is 38.7 Å². The summed E-state index contributed by atoms with van der Waals surface area (Å²) in [7, 11) is 0. The molecule has 0 saturated carbocycles. The molecule has 0 radical (unpaired) electrons. The number of hydrogen-bond acceptors (Lipinski definition) is 4. The van der Waals surface area contributed by atoms with E-state index in [0.29, 0.717) is 30.5 Å². The van der Waals surface area contributed by atoms with Crippen molar-refractivity contribution < 1.29 is 9.59 Å². The Bertz CT molecular complexity index is 586. The summed E-state index contributed by atoms with van der Waals surface area (Å²) in [5, 5.41) is 10.0. The molecule has 2 aromatic rings. The van der Waals surface area contributed by atoms with Crippen LogP contribution in [0.25, 0.3) is 0 Å². The number of rotatable bonds is 4. The fourth-order valence-corrected chi connectivity index (χ4v) is 2.21. The molecule has 0 fully saturated rings. The average Bonchev–Trinajstić information content (AvgIpc) is 3.02. The molecule has 0 atom stereocenters. The topological polar surface area (TPSA) is 79.0 Å². The summed E-state index contributed by atoms with van der Waals surface area (Å²) in [5.74, 6) is -0.410. The second-order valence-electron chi connectivity index (χ2n) is 4.39. The number of aryl methyl sites for hydroxylation is 1. The number of benzene rings is 1. The Morgan fingerprint density at radius 2 is 1.79 bits per heavy atom. The van der Waals surface area contributed by atoms with Crippen molar-refractivity contribution in [3.05, 3.63) is 47.3 Å². The number of aromatic nitrogens is 3. The van der Waals surface area contributed by atoms with Crippen molar-refractivity contribution in [2.24, 2.45) is 0 Å². The van der Waals surface area contributed by atoms with E-state index in [4.69, 9.17) is 0 Å². The van der Waals surface area contributed by atoms with E-state index < -0.39 is 0 Å². The third-order valence-electron chi connectivity index (χ3n) is 3.17. The van der Waals surface area contributed by atoms with Gasteiger partial charge in [-0.25, -0.2) is 0 Å². The normalized spacial score (nSPS) is 14.0. The minimum atomic E-state index is -0.205. The average molecular weight is 256 g/mol. The first kappa shape index (κ1) is 11.6. The van der Waals surface area contributed by atoms with Crippen LogP contribution in [0.5, 0.6) is 0 Å². The maximum Gasteiger partial charge on any atom is 0.261 e. The van der Waals surface area contributed by atoms with Crippen LogP contribution >= 0.6 is 0 Å². The molecule has 6 nitrogen and oxygen atoms in total. The van der Waals surface area contributed by atoms with Crippen LogP contribution < -0.4 is 0 Å². The molecule has 0 spiro atoms. The predicted octanol–water partition coefficient (Wildman–Crippen LogP) is 1.03. The molecule has 0 aliphatic carbocycles. The molecule has 2 amide bonds. The highest BCUT2D eigenvalue weighted by Crippen LogP contribution is 2.22. The smallest absolute Gasteiger partial charge is 0.261 e. The number of fused-ring (bicyclic) bond motifs is 1. The van der Waals surface area contributed by atoms with E-state index in [1.165, 1.54) is 4.90 Å². The van der Waals surface area contributed by atoms with Gasteiger partial charge in [-0.2, -0.15) is 0 Å². The van der Waals surface area contributed by atoms with E-state index in [1.54, 1.807) is 30.5 Å². The summed E-state index contributed by atoms with van der Waals surface area (Å²) in [4.78, 5) is 25.4. The Morgan fingerprint density at radius 1 is 1.11 bits per heavy atom. The van der Waals surface area contributed by atoms with Crippen LogP contribution in [0.2, 0.25) is 0 Å². The second-order valence-corrected chi connectivity index (χ2v) is 4.39. The molecular weight excluding hydrogens is 244 g/mol. The van der Waals surface area contributed by atoms with Gasteiger partial charge in [-0.1, -0.05) is 17.3 Å². The van der Waals surface area contributed by atoms with E-state index in [-0.39, 0.29) is 11.8 Å². The number of nitrogens with zero attached hydrogens (tertiary/aromatic N) is 3. The molecular formula is C13H12N4O2. The molecule has 0 bridgehead atoms. The first-order valence-electron chi connectivity index (χ1n) is 6.07. The van der Waals surface area contributed by atoms with Gasteiger partial charge in [0, 0.05) is 6.54 Å². The van der Waals surface area contributed by atoms with Crippen LogP contribution in [0.1, 0.15) is 32.8 Å². The fraction of sp³-hybridized carbons (Fsp3) is 0.231. The van der Waals surface area contributed by atoms with Gasteiger partial charge in [0.2, 0.25) is 0 Å². The highest BCUT2D eigenvalue weighted by atomic mass is 16.2. The molecule has 1 N–H and O–H groups in total. The van der Waals surface area contributed by atoms with Gasteiger partial charge in [-0.15, -0.1) is 5.10 Å². The lowest BCUT2D eigenvalue weighted by Crippen LogP contribution is -2.30. The van der Waals surface area contributed by atoms with Crippen LogP contribution in [0.4, 0.5) is 0 Å². The molecule has 19 heavy (non-hydrogen) atoms. The SMILES string of the molecule is O=C1c2ccccc2C(=O)N1CCCc1cnn[nH]1. The molecule has 1 aliphatic rings. The Morgan fingerprint density at radius 3 is 2.37 bits per heavy atom. The van der Waals surface area contributed by atoms with Crippen LogP contribution in [0.15, 0.2) is 30.5 Å². The molecule has 1 aromatic heterocycles. The van der Waals surface area contributed by atoms with E-state index in [9.17, 15) is 9.59 Å². The molecule has 1 aromatic carbocycles. The Hall–Kier alpha value is -2.50. The minimum absolute atomic E-state index is 0.205. The van der Waals surface area contributed by atoms with Gasteiger partial charge in [-0.3, -0.25) is 19.6 Å². The summed E-state index contributed by atoms with van der Waals surface area (Å²) < 4.78 is 0. The number of amides is 2. The molecule has 96 valence electrons. The number of H-pyrrole nitrogens is 1. The van der Waals surface area contributed by atoms with E-state index >= 15 is 0 Å². The Labute approximate surface area is 109 Å². The number of nitrogens with one attached hydrogen (secondary N) is 1. The number of carbonyl (C=O) groups is 2. The number of carbonyl (C=O) groups excluding carboxylic acids is 2. The summed E-state index contributed by atoms with van der Waals surface area (Å²) in [5.41, 5.74) is 1.89. The second kappa shape index (κ2) is 4.64. The fourth-order valence-electron chi connectivity index (χ4n) is 2.21. The highest BCUT2D eigenvalue weighted by Gasteiger charge is 2.34. The first-order valence-corrected chi connectivity index (χ1v) is 6.07. The van der Waals surface area contributed by atoms with Gasteiger partial charge >= 0.3 is 0 Å². The van der Waals surface area contributed by atoms with Crippen molar-refractivity contribution in [1.82, 2.24) is 20.3 Å². The summed E-state index contributed by atoms with van der Waals surface area (Å²) >= 11 is 0. The number of aromatic amines is 1. The van der Waals surface area contributed by atoms with E-state index in [1.807, 2.05) is 0 Å². The van der Waals surface area contributed by atoms with E-state index in [0.717, 1.165) is 5.69 Å². The van der Waals surface area contributed by atoms with Gasteiger partial charge in [0.05, 0.1) is 23.0 Å². The molecule has 0 unspecified atom stereocenters. The van der Waals surface area contributed by atoms with Crippen molar-refractivity contribution in [2.45, 2.75) is 12.8 Å². The molecule has 2 heterocycles. The van der Waals surface area contributed by atoms with Crippen molar-refractivity contribution in [1.29, 1.82) is 0 Å². The molecule has 1 aliphatic heterocycles. The van der Waals surface area contributed by atoms with Gasteiger partial charge in [0.15, 0.2) is 0 Å². The lowest BCUT2D eigenvalue weighted by atomic mass is 10.1. The highest BCUT2D eigenvalue weighted by molar-refractivity contribution is 6.21. The zero-order valence-electron chi connectivity index (χ0n) is 10.2. The maximum atomic E-state index is 12.1. The van der Waals surface area contributed by atoms with E-state index in [2.05, 4.69) is 15.4 Å². The quantitative estimate of drug-likeness (QED) is 0.829. The largest absolute Gasteiger partial charge is 0.274 e. The van der Waals surface area contributed by atoms with Crippen LogP contribution in [-0.2, 0) is 6.42 Å². The van der Waals surface area contributed by atoms with Gasteiger partial charge in [0.25, 0.3) is 11.8 Å². The predicted molar refractivity (Wildman–Crippen MR) is 66.5 cm³/mol. The van der Waals surface area contributed by atoms with Crippen LogP contribution in [0.3, 0.4) is 0 Å². The maximum absolute atomic E-state index is 12.1. The number of hydrogen-bond donors (Lipinski definition) is 1. The molecule has 6 heteroatoms. The van der Waals surface area contributed by atoms with Crippen LogP contribution in [0, 0.1) is 0 Å². The number of imide groups is 1. The minimum Gasteiger partial charge on any atom is -0.274 e. The third kappa shape index (κ3) is 2.01. The van der Waals surface area contributed by atoms with Gasteiger partial charge in [0.1, 0.15) is 0 Å². The Kier molecular flexibility index (Phi) is 2.83. The molecule has 3 rings (SSSR count). The third-order valence-corrected chi connectivity index (χ3v) is 3.17. The lowest BCUT2D eigenvalue weighted by molar-refractivity contribution is 0.0652. The summed E-state index contributed by atoms with van der Waals surface area (Å²) in [6.45, 7) is 0.408. The van der Waals surface area contributed by atoms with Crippen molar-refractivity contribution >= 4 is 11.8 Å².